The fourth-order valence-corrected chi connectivity index (χ4v) is 5.85. The Balaban J connectivity index is 1.20. The molecule has 5 rings (SSSR count). The third kappa shape index (κ3) is 3.81. The third-order valence-electron chi connectivity index (χ3n) is 5.72. The van der Waals surface area contributed by atoms with Gasteiger partial charge < -0.3 is 14.8 Å². The van der Waals surface area contributed by atoms with Crippen LogP contribution in [0.25, 0.3) is 20.6 Å². The number of carbonyl (C=O) groups excluding carboxylic acids is 1. The number of thiazole rings is 1. The second kappa shape index (κ2) is 8.01. The van der Waals surface area contributed by atoms with Crippen LogP contribution in [0.1, 0.15) is 22.7 Å². The average molecular weight is 455 g/mol. The van der Waals surface area contributed by atoms with E-state index >= 15 is 0 Å². The first-order chi connectivity index (χ1) is 15.0. The zero-order chi connectivity index (χ0) is 21.5. The maximum Gasteiger partial charge on any atom is 0.259 e. The zero-order valence-electron chi connectivity index (χ0n) is 17.3. The van der Waals surface area contributed by atoms with Gasteiger partial charge >= 0.3 is 0 Å². The van der Waals surface area contributed by atoms with Crippen molar-refractivity contribution in [1.82, 2.24) is 24.8 Å². The lowest BCUT2D eigenvalue weighted by Crippen LogP contribution is -2.48. The summed E-state index contributed by atoms with van der Waals surface area (Å²) in [5, 5.41) is 1.62. The predicted octanol–water partition coefficient (Wildman–Crippen LogP) is 2.89. The van der Waals surface area contributed by atoms with Crippen LogP contribution in [0.5, 0.6) is 0 Å². The van der Waals surface area contributed by atoms with E-state index in [1.165, 1.54) is 11.3 Å². The van der Waals surface area contributed by atoms with E-state index in [2.05, 4.69) is 24.8 Å². The Bertz CT molecular complexity index is 1300. The summed E-state index contributed by atoms with van der Waals surface area (Å²) in [5.74, 6) is 0.666. The first-order valence-corrected chi connectivity index (χ1v) is 11.9. The standard InChI is InChI=1S/C21H22N6O2S2/c1-12-13(2)30-20-17(12)18(29)24-15(25-20)5-6-16(28)26-8-10-27(11-9-26)21-23-14-4-3-7-22-19(14)31-21/h3-4,7H,5-6,8-11H2,1-2H3,(H,24,25,29). The average Bonchev–Trinajstić information content (AvgIpc) is 3.33. The zero-order valence-corrected chi connectivity index (χ0v) is 19.0. The Labute approximate surface area is 186 Å². The SMILES string of the molecule is Cc1sc2nc(CCC(=O)N3CCN(c4nc5cccnc5s4)CC3)[nH]c(=O)c2c1C. The summed E-state index contributed by atoms with van der Waals surface area (Å²) >= 11 is 3.11. The fourth-order valence-electron chi connectivity index (χ4n) is 3.84. The number of hydrogen-bond donors (Lipinski definition) is 1. The maximum absolute atomic E-state index is 12.7. The second-order valence-electron chi connectivity index (χ2n) is 7.67. The van der Waals surface area contributed by atoms with Crippen LogP contribution in [0.15, 0.2) is 23.1 Å². The number of thiophene rings is 1. The second-order valence-corrected chi connectivity index (χ2v) is 9.83. The van der Waals surface area contributed by atoms with Crippen LogP contribution >= 0.6 is 22.7 Å². The molecular weight excluding hydrogens is 432 g/mol. The predicted molar refractivity (Wildman–Crippen MR) is 124 cm³/mol. The van der Waals surface area contributed by atoms with Crippen molar-refractivity contribution in [3.05, 3.63) is 44.9 Å². The van der Waals surface area contributed by atoms with E-state index in [1.54, 1.807) is 17.5 Å². The number of nitrogens with one attached hydrogen (secondary N) is 1. The Morgan fingerprint density at radius 3 is 2.71 bits per heavy atom. The van der Waals surface area contributed by atoms with Gasteiger partial charge in [0, 0.05) is 50.1 Å². The van der Waals surface area contributed by atoms with Gasteiger partial charge in [-0.05, 0) is 31.5 Å². The van der Waals surface area contributed by atoms with Crippen molar-refractivity contribution in [2.24, 2.45) is 0 Å². The van der Waals surface area contributed by atoms with Crippen molar-refractivity contribution in [2.45, 2.75) is 26.7 Å². The van der Waals surface area contributed by atoms with Gasteiger partial charge in [0.05, 0.1) is 5.39 Å². The smallest absolute Gasteiger partial charge is 0.259 e. The molecule has 0 aliphatic carbocycles. The van der Waals surface area contributed by atoms with Gasteiger partial charge in [-0.3, -0.25) is 9.59 Å². The number of amides is 1. The van der Waals surface area contributed by atoms with Gasteiger partial charge in [0.2, 0.25) is 5.91 Å². The molecule has 0 unspecified atom stereocenters. The summed E-state index contributed by atoms with van der Waals surface area (Å²) in [6.07, 6.45) is 2.55. The van der Waals surface area contributed by atoms with Gasteiger partial charge in [0.25, 0.3) is 5.56 Å². The topological polar surface area (TPSA) is 95.1 Å². The van der Waals surface area contributed by atoms with E-state index in [-0.39, 0.29) is 11.5 Å². The van der Waals surface area contributed by atoms with Crippen LogP contribution in [-0.4, -0.2) is 56.9 Å². The Morgan fingerprint density at radius 2 is 1.94 bits per heavy atom. The minimum atomic E-state index is -0.117. The number of hydrogen-bond acceptors (Lipinski definition) is 8. The lowest BCUT2D eigenvalue weighted by molar-refractivity contribution is -0.131. The number of piperazine rings is 1. The highest BCUT2D eigenvalue weighted by atomic mass is 32.1. The van der Waals surface area contributed by atoms with E-state index in [9.17, 15) is 9.59 Å². The molecule has 0 aromatic carbocycles. The molecule has 1 aliphatic rings. The molecular formula is C21H22N6O2S2. The van der Waals surface area contributed by atoms with Gasteiger partial charge in [-0.1, -0.05) is 11.3 Å². The normalized spacial score (nSPS) is 14.6. The van der Waals surface area contributed by atoms with E-state index in [0.717, 1.165) is 43.8 Å². The molecule has 8 nitrogen and oxygen atoms in total. The lowest BCUT2D eigenvalue weighted by Gasteiger charge is -2.34. The Hall–Kier alpha value is -2.85. The van der Waals surface area contributed by atoms with Crippen LogP contribution in [0.4, 0.5) is 5.13 Å². The van der Waals surface area contributed by atoms with Crippen LogP contribution in [0.2, 0.25) is 0 Å². The maximum atomic E-state index is 12.7. The van der Waals surface area contributed by atoms with Crippen molar-refractivity contribution in [3.8, 4) is 0 Å². The number of rotatable bonds is 4. The molecule has 0 radical (unpaired) electrons. The summed E-state index contributed by atoms with van der Waals surface area (Å²) in [4.78, 5) is 48.5. The van der Waals surface area contributed by atoms with Gasteiger partial charge in [0.1, 0.15) is 21.0 Å². The molecule has 4 aromatic heterocycles. The summed E-state index contributed by atoms with van der Waals surface area (Å²) < 4.78 is 0. The van der Waals surface area contributed by atoms with Gasteiger partial charge in [0.15, 0.2) is 5.13 Å². The summed E-state index contributed by atoms with van der Waals surface area (Å²) in [6, 6.07) is 3.86. The number of H-pyrrole nitrogens is 1. The Morgan fingerprint density at radius 1 is 1.13 bits per heavy atom. The minimum absolute atomic E-state index is 0.0897. The summed E-state index contributed by atoms with van der Waals surface area (Å²) in [7, 11) is 0. The van der Waals surface area contributed by atoms with Crippen LogP contribution in [0, 0.1) is 13.8 Å². The minimum Gasteiger partial charge on any atom is -0.344 e. The molecule has 1 saturated heterocycles. The highest BCUT2D eigenvalue weighted by Gasteiger charge is 2.23. The number of fused-ring (bicyclic) bond motifs is 2. The van der Waals surface area contributed by atoms with Crippen molar-refractivity contribution in [3.63, 3.8) is 0 Å². The van der Waals surface area contributed by atoms with Crippen molar-refractivity contribution < 1.29 is 4.79 Å². The molecule has 1 fully saturated rings. The highest BCUT2D eigenvalue weighted by Crippen LogP contribution is 2.28. The molecule has 0 bridgehead atoms. The molecule has 0 saturated carbocycles. The van der Waals surface area contributed by atoms with Gasteiger partial charge in [-0.25, -0.2) is 15.0 Å². The van der Waals surface area contributed by atoms with E-state index in [1.807, 2.05) is 30.9 Å². The molecule has 31 heavy (non-hydrogen) atoms. The van der Waals surface area contributed by atoms with Gasteiger partial charge in [-0.15, -0.1) is 11.3 Å². The quantitative estimate of drug-likeness (QED) is 0.510. The first-order valence-electron chi connectivity index (χ1n) is 10.2. The number of aromatic amines is 1. The van der Waals surface area contributed by atoms with E-state index in [4.69, 9.17) is 0 Å². The fraction of sp³-hybridized carbons (Fsp3) is 0.381. The van der Waals surface area contributed by atoms with Crippen LogP contribution in [-0.2, 0) is 11.2 Å². The molecule has 160 valence electrons. The van der Waals surface area contributed by atoms with Crippen LogP contribution < -0.4 is 10.5 Å². The molecule has 1 aliphatic heterocycles. The highest BCUT2D eigenvalue weighted by molar-refractivity contribution is 7.21. The number of nitrogens with zero attached hydrogens (tertiary/aromatic N) is 5. The molecule has 5 heterocycles. The lowest BCUT2D eigenvalue weighted by atomic mass is 10.2. The van der Waals surface area contributed by atoms with Crippen LogP contribution in [0.3, 0.4) is 0 Å². The monoisotopic (exact) mass is 454 g/mol. The molecule has 0 spiro atoms. The summed E-state index contributed by atoms with van der Waals surface area (Å²) in [6.45, 7) is 6.76. The number of aryl methyl sites for hydroxylation is 3. The molecule has 1 N–H and O–H groups in total. The van der Waals surface area contributed by atoms with Crippen molar-refractivity contribution in [1.29, 1.82) is 0 Å². The third-order valence-corrected chi connectivity index (χ3v) is 7.86. The summed E-state index contributed by atoms with van der Waals surface area (Å²) in [5.41, 5.74) is 1.78. The molecule has 4 aromatic rings. The van der Waals surface area contributed by atoms with Crippen molar-refractivity contribution in [2.75, 3.05) is 31.1 Å². The number of pyridine rings is 1. The van der Waals surface area contributed by atoms with E-state index < -0.39 is 0 Å². The largest absolute Gasteiger partial charge is 0.344 e. The number of anilines is 1. The molecule has 10 heteroatoms. The molecule has 1 amide bonds. The molecule has 0 atom stereocenters. The van der Waals surface area contributed by atoms with Crippen molar-refractivity contribution >= 4 is 54.3 Å². The van der Waals surface area contributed by atoms with E-state index in [0.29, 0.717) is 37.1 Å². The Kier molecular flexibility index (Phi) is 5.19. The number of aromatic nitrogens is 4. The van der Waals surface area contributed by atoms with Gasteiger partial charge in [-0.2, -0.15) is 0 Å². The number of carbonyl (C=O) groups is 1. The first kappa shape index (κ1) is 20.1.